The van der Waals surface area contributed by atoms with Gasteiger partial charge in [-0.15, -0.1) is 0 Å². The maximum Gasteiger partial charge on any atom is 0.261 e. The lowest BCUT2D eigenvalue weighted by Gasteiger charge is -2.38. The number of nitrogens with one attached hydrogen (secondary N) is 1. The van der Waals surface area contributed by atoms with Crippen molar-refractivity contribution in [3.05, 3.63) is 52.5 Å². The normalized spacial score (nSPS) is 18.2. The van der Waals surface area contributed by atoms with Gasteiger partial charge in [0.25, 0.3) is 5.91 Å². The van der Waals surface area contributed by atoms with Crippen LogP contribution in [0.2, 0.25) is 5.02 Å². The highest BCUT2D eigenvalue weighted by Crippen LogP contribution is 2.41. The molecule has 0 spiro atoms. The number of rotatable bonds is 6. The van der Waals surface area contributed by atoms with Gasteiger partial charge < -0.3 is 19.5 Å². The number of aryl methyl sites for hydroxylation is 1. The minimum absolute atomic E-state index is 0.156. The fourth-order valence-corrected chi connectivity index (χ4v) is 3.65. The quantitative estimate of drug-likeness (QED) is 0.698. The number of benzene rings is 2. The van der Waals surface area contributed by atoms with Crippen LogP contribution in [0.5, 0.6) is 17.2 Å². The van der Waals surface area contributed by atoms with Crippen LogP contribution in [0.1, 0.15) is 50.8 Å². The van der Waals surface area contributed by atoms with Gasteiger partial charge in [0.15, 0.2) is 6.10 Å². The second-order valence-electron chi connectivity index (χ2n) is 7.96. The van der Waals surface area contributed by atoms with Gasteiger partial charge in [0.1, 0.15) is 22.8 Å². The molecule has 156 valence electrons. The summed E-state index contributed by atoms with van der Waals surface area (Å²) in [6.45, 7) is 7.87. The molecule has 1 heterocycles. The van der Waals surface area contributed by atoms with E-state index in [9.17, 15) is 4.79 Å². The molecule has 0 radical (unpaired) electrons. The molecule has 0 aliphatic carbocycles. The molecular formula is C23H28ClNO4. The standard InChI is InChI=1S/C23H28ClNO4/c1-6-20(28-16-7-9-18(24)14(2)11-16)22(26)25-19-13-23(3,4)29-21-10-8-15(27-5)12-17(19)21/h7-12,19-20H,6,13H2,1-5H3,(H,25,26)/t19-,20+/m1/s1. The van der Waals surface area contributed by atoms with E-state index < -0.39 is 11.7 Å². The Morgan fingerprint density at radius 2 is 2.00 bits per heavy atom. The fraction of sp³-hybridized carbons (Fsp3) is 0.435. The highest BCUT2D eigenvalue weighted by atomic mass is 35.5. The predicted molar refractivity (Wildman–Crippen MR) is 114 cm³/mol. The summed E-state index contributed by atoms with van der Waals surface area (Å²) in [5.74, 6) is 1.96. The van der Waals surface area contributed by atoms with Crippen molar-refractivity contribution in [3.63, 3.8) is 0 Å². The summed E-state index contributed by atoms with van der Waals surface area (Å²) in [7, 11) is 1.62. The average Bonchev–Trinajstić information content (AvgIpc) is 2.67. The van der Waals surface area contributed by atoms with E-state index in [1.54, 1.807) is 19.2 Å². The Labute approximate surface area is 177 Å². The first-order valence-electron chi connectivity index (χ1n) is 9.82. The van der Waals surface area contributed by atoms with Crippen LogP contribution in [-0.4, -0.2) is 24.7 Å². The third-order valence-electron chi connectivity index (χ3n) is 5.06. The van der Waals surface area contributed by atoms with Crippen LogP contribution in [0.25, 0.3) is 0 Å². The number of carbonyl (C=O) groups excluding carboxylic acids is 1. The van der Waals surface area contributed by atoms with E-state index in [1.165, 1.54) is 0 Å². The van der Waals surface area contributed by atoms with Crippen LogP contribution in [0.4, 0.5) is 0 Å². The SMILES string of the molecule is CC[C@H](Oc1ccc(Cl)c(C)c1)C(=O)N[C@@H]1CC(C)(C)Oc2ccc(OC)cc21. The molecule has 0 aromatic heterocycles. The largest absolute Gasteiger partial charge is 0.497 e. The predicted octanol–water partition coefficient (Wildman–Crippen LogP) is 5.23. The van der Waals surface area contributed by atoms with Crippen molar-refractivity contribution in [1.29, 1.82) is 0 Å². The maximum atomic E-state index is 13.0. The second kappa shape index (κ2) is 8.54. The minimum atomic E-state index is -0.601. The van der Waals surface area contributed by atoms with Crippen molar-refractivity contribution in [2.45, 2.75) is 58.3 Å². The summed E-state index contributed by atoms with van der Waals surface area (Å²) in [5.41, 5.74) is 1.43. The lowest BCUT2D eigenvalue weighted by atomic mass is 9.89. The molecule has 0 bridgehead atoms. The molecule has 6 heteroatoms. The Morgan fingerprint density at radius 1 is 1.28 bits per heavy atom. The van der Waals surface area contributed by atoms with E-state index >= 15 is 0 Å². The molecule has 0 fully saturated rings. The smallest absolute Gasteiger partial charge is 0.261 e. The Kier molecular flexibility index (Phi) is 6.27. The molecule has 5 nitrogen and oxygen atoms in total. The van der Waals surface area contributed by atoms with Gasteiger partial charge in [-0.05, 0) is 69.2 Å². The molecule has 0 unspecified atom stereocenters. The molecular weight excluding hydrogens is 390 g/mol. The lowest BCUT2D eigenvalue weighted by Crippen LogP contribution is -2.45. The van der Waals surface area contributed by atoms with E-state index in [1.807, 2.05) is 52.0 Å². The van der Waals surface area contributed by atoms with Crippen LogP contribution < -0.4 is 19.5 Å². The van der Waals surface area contributed by atoms with Crippen molar-refractivity contribution < 1.29 is 19.0 Å². The van der Waals surface area contributed by atoms with Crippen LogP contribution >= 0.6 is 11.6 Å². The lowest BCUT2D eigenvalue weighted by molar-refractivity contribution is -0.129. The first-order chi connectivity index (χ1) is 13.7. The topological polar surface area (TPSA) is 56.8 Å². The highest BCUT2D eigenvalue weighted by molar-refractivity contribution is 6.31. The second-order valence-corrected chi connectivity index (χ2v) is 8.36. The van der Waals surface area contributed by atoms with Crippen LogP contribution in [-0.2, 0) is 4.79 Å². The van der Waals surface area contributed by atoms with Gasteiger partial charge in [-0.3, -0.25) is 4.79 Å². The van der Waals surface area contributed by atoms with Gasteiger partial charge in [0.05, 0.1) is 13.2 Å². The first-order valence-corrected chi connectivity index (χ1v) is 10.2. The monoisotopic (exact) mass is 417 g/mol. The van der Waals surface area contributed by atoms with Crippen molar-refractivity contribution in [3.8, 4) is 17.2 Å². The fourth-order valence-electron chi connectivity index (χ4n) is 3.53. The molecule has 2 aromatic carbocycles. The van der Waals surface area contributed by atoms with E-state index in [-0.39, 0.29) is 11.9 Å². The van der Waals surface area contributed by atoms with Gasteiger partial charge >= 0.3 is 0 Å². The number of amides is 1. The molecule has 1 N–H and O–H groups in total. The zero-order chi connectivity index (χ0) is 21.2. The van der Waals surface area contributed by atoms with Crippen LogP contribution in [0, 0.1) is 6.92 Å². The summed E-state index contributed by atoms with van der Waals surface area (Å²) >= 11 is 6.08. The molecule has 1 aliphatic heterocycles. The van der Waals surface area contributed by atoms with Gasteiger partial charge in [0.2, 0.25) is 0 Å². The highest BCUT2D eigenvalue weighted by Gasteiger charge is 2.36. The number of ether oxygens (including phenoxy) is 3. The Bertz CT molecular complexity index is 896. The minimum Gasteiger partial charge on any atom is -0.497 e. The van der Waals surface area contributed by atoms with E-state index in [4.69, 9.17) is 25.8 Å². The summed E-state index contributed by atoms with van der Waals surface area (Å²) < 4.78 is 17.4. The Balaban J connectivity index is 1.80. The van der Waals surface area contributed by atoms with Gasteiger partial charge in [-0.2, -0.15) is 0 Å². The van der Waals surface area contributed by atoms with Gasteiger partial charge in [0, 0.05) is 17.0 Å². The Morgan fingerprint density at radius 3 is 2.66 bits per heavy atom. The van der Waals surface area contributed by atoms with Crippen molar-refractivity contribution in [2.24, 2.45) is 0 Å². The van der Waals surface area contributed by atoms with Crippen molar-refractivity contribution >= 4 is 17.5 Å². The third kappa shape index (κ3) is 4.96. The zero-order valence-corrected chi connectivity index (χ0v) is 18.3. The number of hydrogen-bond donors (Lipinski definition) is 1. The van der Waals surface area contributed by atoms with Gasteiger partial charge in [-0.1, -0.05) is 18.5 Å². The van der Waals surface area contributed by atoms with Gasteiger partial charge in [-0.25, -0.2) is 0 Å². The number of methoxy groups -OCH3 is 1. The Hall–Kier alpha value is -2.40. The summed E-state index contributed by atoms with van der Waals surface area (Å²) in [5, 5.41) is 3.82. The maximum absolute atomic E-state index is 13.0. The van der Waals surface area contributed by atoms with E-state index in [0.29, 0.717) is 23.6 Å². The van der Waals surface area contributed by atoms with E-state index in [0.717, 1.165) is 22.6 Å². The molecule has 2 atom stereocenters. The average molecular weight is 418 g/mol. The summed E-state index contributed by atoms with van der Waals surface area (Å²) in [4.78, 5) is 13.0. The molecule has 0 saturated heterocycles. The molecule has 29 heavy (non-hydrogen) atoms. The van der Waals surface area contributed by atoms with E-state index in [2.05, 4.69) is 5.32 Å². The van der Waals surface area contributed by atoms with Crippen molar-refractivity contribution in [1.82, 2.24) is 5.32 Å². The van der Waals surface area contributed by atoms with Crippen molar-refractivity contribution in [2.75, 3.05) is 7.11 Å². The molecule has 0 saturated carbocycles. The number of halogens is 1. The number of fused-ring (bicyclic) bond motifs is 1. The summed E-state index contributed by atoms with van der Waals surface area (Å²) in [6.07, 6.45) is 0.594. The number of carbonyl (C=O) groups is 1. The van der Waals surface area contributed by atoms with Crippen LogP contribution in [0.15, 0.2) is 36.4 Å². The molecule has 2 aromatic rings. The summed E-state index contributed by atoms with van der Waals surface area (Å²) in [6, 6.07) is 10.9. The first kappa shape index (κ1) is 21.3. The molecule has 1 amide bonds. The van der Waals surface area contributed by atoms with Crippen LogP contribution in [0.3, 0.4) is 0 Å². The third-order valence-corrected chi connectivity index (χ3v) is 5.49. The molecule has 1 aliphatic rings. The zero-order valence-electron chi connectivity index (χ0n) is 17.5. The molecule has 3 rings (SSSR count). The number of hydrogen-bond acceptors (Lipinski definition) is 4.